The van der Waals surface area contributed by atoms with E-state index in [1.54, 1.807) is 0 Å². The van der Waals surface area contributed by atoms with Crippen LogP contribution >= 0.6 is 15.9 Å². The Hall–Kier alpha value is -1.23. The summed E-state index contributed by atoms with van der Waals surface area (Å²) in [5, 5.41) is 12.4. The first-order valence-electron chi connectivity index (χ1n) is 4.55. The van der Waals surface area contributed by atoms with Gasteiger partial charge in [-0.05, 0) is 27.6 Å². The highest BCUT2D eigenvalue weighted by molar-refractivity contribution is 9.10. The Bertz CT molecular complexity index is 394. The molecule has 1 aromatic rings. The predicted molar refractivity (Wildman–Crippen MR) is 55.7 cm³/mol. The zero-order chi connectivity index (χ0) is 10.8. The van der Waals surface area contributed by atoms with Crippen molar-refractivity contribution in [1.82, 2.24) is 5.32 Å². The first kappa shape index (κ1) is 10.3. The lowest BCUT2D eigenvalue weighted by Crippen LogP contribution is -2.41. The molecule has 15 heavy (non-hydrogen) atoms. The normalized spacial score (nSPS) is 18.1. The van der Waals surface area contributed by atoms with Gasteiger partial charge in [-0.2, -0.15) is 0 Å². The Kier molecular flexibility index (Phi) is 2.81. The molecule has 1 heterocycles. The molecule has 0 bridgehead atoms. The Morgan fingerprint density at radius 1 is 1.67 bits per heavy atom. The first-order valence-corrected chi connectivity index (χ1v) is 5.35. The molecule has 0 spiro atoms. The Morgan fingerprint density at radius 2 is 2.47 bits per heavy atom. The number of benzene rings is 1. The number of carboxylic acid groups (broad SMARTS) is 1. The molecule has 0 aromatic heterocycles. The van der Waals surface area contributed by atoms with E-state index in [4.69, 9.17) is 4.74 Å². The van der Waals surface area contributed by atoms with Gasteiger partial charge < -0.3 is 20.0 Å². The largest absolute Gasteiger partial charge is 0.530 e. The molecular weight excluding hydrogens is 262 g/mol. The van der Waals surface area contributed by atoms with Gasteiger partial charge in [-0.15, -0.1) is 0 Å². The summed E-state index contributed by atoms with van der Waals surface area (Å²) in [5.74, 6) is 0.808. The van der Waals surface area contributed by atoms with Crippen LogP contribution in [0.5, 0.6) is 5.75 Å². The van der Waals surface area contributed by atoms with Gasteiger partial charge in [-0.3, -0.25) is 0 Å². The Labute approximate surface area is 95.4 Å². The van der Waals surface area contributed by atoms with Crippen LogP contribution in [0.25, 0.3) is 0 Å². The first-order chi connectivity index (χ1) is 7.16. The average Bonchev–Trinajstić information content (AvgIpc) is 2.59. The summed E-state index contributed by atoms with van der Waals surface area (Å²) in [7, 11) is 0. The van der Waals surface area contributed by atoms with E-state index >= 15 is 0 Å². The van der Waals surface area contributed by atoms with E-state index in [1.807, 2.05) is 18.2 Å². The van der Waals surface area contributed by atoms with Crippen molar-refractivity contribution in [2.24, 2.45) is 0 Å². The molecular formula is C10H9BrNO3-. The molecule has 0 saturated heterocycles. The molecule has 1 amide bonds. The smallest absolute Gasteiger partial charge is 0.137 e. The second-order valence-electron chi connectivity index (χ2n) is 3.34. The minimum Gasteiger partial charge on any atom is -0.530 e. The van der Waals surface area contributed by atoms with Gasteiger partial charge in [0.1, 0.15) is 17.9 Å². The van der Waals surface area contributed by atoms with Crippen LogP contribution in [-0.4, -0.2) is 18.7 Å². The number of nitrogens with one attached hydrogen (secondary N) is 1. The third kappa shape index (κ3) is 2.23. The second kappa shape index (κ2) is 4.10. The van der Waals surface area contributed by atoms with Crippen LogP contribution in [0.3, 0.4) is 0 Å². The maximum Gasteiger partial charge on any atom is 0.137 e. The summed E-state index contributed by atoms with van der Waals surface area (Å²) >= 11 is 3.38. The molecule has 4 nitrogen and oxygen atoms in total. The van der Waals surface area contributed by atoms with Crippen LogP contribution < -0.4 is 15.2 Å². The van der Waals surface area contributed by atoms with Crippen LogP contribution in [0.2, 0.25) is 0 Å². The van der Waals surface area contributed by atoms with Gasteiger partial charge in [0.15, 0.2) is 0 Å². The zero-order valence-corrected chi connectivity index (χ0v) is 9.41. The molecule has 5 heteroatoms. The molecule has 1 aliphatic heterocycles. The molecule has 80 valence electrons. The van der Waals surface area contributed by atoms with Gasteiger partial charge in [-0.1, -0.05) is 12.1 Å². The highest BCUT2D eigenvalue weighted by Crippen LogP contribution is 2.35. The van der Waals surface area contributed by atoms with E-state index in [9.17, 15) is 9.90 Å². The summed E-state index contributed by atoms with van der Waals surface area (Å²) in [6, 6.07) is 5.80. The SMILES string of the molecule is O=C([O-])NCC1Cc2cccc(Br)c2O1. The van der Waals surface area contributed by atoms with Gasteiger partial charge in [0.2, 0.25) is 0 Å². The zero-order valence-electron chi connectivity index (χ0n) is 7.83. The van der Waals surface area contributed by atoms with Gasteiger partial charge in [0.25, 0.3) is 0 Å². The third-order valence-corrected chi connectivity index (χ3v) is 2.88. The van der Waals surface area contributed by atoms with Crippen LogP contribution in [0.1, 0.15) is 5.56 Å². The van der Waals surface area contributed by atoms with Gasteiger partial charge in [-0.25, -0.2) is 0 Å². The molecule has 0 fully saturated rings. The molecule has 1 aromatic carbocycles. The number of carbonyl (C=O) groups is 1. The van der Waals surface area contributed by atoms with Crippen LogP contribution in [-0.2, 0) is 6.42 Å². The van der Waals surface area contributed by atoms with Crippen molar-refractivity contribution in [1.29, 1.82) is 0 Å². The molecule has 0 aliphatic carbocycles. The highest BCUT2D eigenvalue weighted by Gasteiger charge is 2.24. The van der Waals surface area contributed by atoms with Crippen molar-refractivity contribution in [3.63, 3.8) is 0 Å². The summed E-state index contributed by atoms with van der Waals surface area (Å²) in [4.78, 5) is 10.2. The van der Waals surface area contributed by atoms with E-state index in [-0.39, 0.29) is 12.6 Å². The standard InChI is InChI=1S/C10H10BrNO3/c11-8-3-1-2-6-4-7(15-9(6)8)5-12-10(13)14/h1-3,7,12H,4-5H2,(H,13,14)/p-1. The third-order valence-electron chi connectivity index (χ3n) is 2.25. The average molecular weight is 271 g/mol. The van der Waals surface area contributed by atoms with Gasteiger partial charge in [0, 0.05) is 6.42 Å². The molecule has 1 aliphatic rings. The number of halogens is 1. The number of hydrogen-bond acceptors (Lipinski definition) is 3. The van der Waals surface area contributed by atoms with Crippen LogP contribution in [0, 0.1) is 0 Å². The molecule has 1 unspecified atom stereocenters. The molecule has 1 atom stereocenters. The quantitative estimate of drug-likeness (QED) is 0.860. The lowest BCUT2D eigenvalue weighted by Gasteiger charge is -2.13. The monoisotopic (exact) mass is 270 g/mol. The van der Waals surface area contributed by atoms with Gasteiger partial charge in [0.05, 0.1) is 11.0 Å². The molecule has 0 radical (unpaired) electrons. The number of fused-ring (bicyclic) bond motifs is 1. The molecule has 1 N–H and O–H groups in total. The number of amides is 1. The number of rotatable bonds is 2. The maximum absolute atomic E-state index is 10.2. The van der Waals surface area contributed by atoms with E-state index in [0.717, 1.165) is 22.2 Å². The number of hydrogen-bond donors (Lipinski definition) is 1. The minimum absolute atomic E-state index is 0.142. The Balaban J connectivity index is 2.03. The van der Waals surface area contributed by atoms with E-state index in [2.05, 4.69) is 21.2 Å². The second-order valence-corrected chi connectivity index (χ2v) is 4.19. The predicted octanol–water partition coefficient (Wildman–Crippen LogP) is 0.685. The van der Waals surface area contributed by atoms with Gasteiger partial charge >= 0.3 is 0 Å². The van der Waals surface area contributed by atoms with Crippen molar-refractivity contribution < 1.29 is 14.6 Å². The van der Waals surface area contributed by atoms with Crippen molar-refractivity contribution in [3.05, 3.63) is 28.2 Å². The van der Waals surface area contributed by atoms with Crippen LogP contribution in [0.15, 0.2) is 22.7 Å². The number of para-hydroxylation sites is 1. The van der Waals surface area contributed by atoms with Crippen molar-refractivity contribution in [2.75, 3.05) is 6.54 Å². The van der Waals surface area contributed by atoms with Crippen molar-refractivity contribution in [3.8, 4) is 5.75 Å². The van der Waals surface area contributed by atoms with E-state index < -0.39 is 6.09 Å². The summed E-state index contributed by atoms with van der Waals surface area (Å²) in [5.41, 5.74) is 1.09. The Morgan fingerprint density at radius 3 is 3.13 bits per heavy atom. The minimum atomic E-state index is -1.27. The summed E-state index contributed by atoms with van der Waals surface area (Å²) < 4.78 is 6.49. The number of carbonyl (C=O) groups excluding carboxylic acids is 1. The lowest BCUT2D eigenvalue weighted by atomic mass is 10.1. The fourth-order valence-electron chi connectivity index (χ4n) is 1.61. The van der Waals surface area contributed by atoms with E-state index in [0.29, 0.717) is 0 Å². The maximum atomic E-state index is 10.2. The fraction of sp³-hybridized carbons (Fsp3) is 0.300. The molecule has 2 rings (SSSR count). The van der Waals surface area contributed by atoms with Crippen molar-refractivity contribution in [2.45, 2.75) is 12.5 Å². The highest BCUT2D eigenvalue weighted by atomic mass is 79.9. The molecule has 0 saturated carbocycles. The number of ether oxygens (including phenoxy) is 1. The van der Waals surface area contributed by atoms with E-state index in [1.165, 1.54) is 0 Å². The lowest BCUT2D eigenvalue weighted by molar-refractivity contribution is -0.251. The summed E-state index contributed by atoms with van der Waals surface area (Å²) in [6.45, 7) is 0.253. The fourth-order valence-corrected chi connectivity index (χ4v) is 2.11. The topological polar surface area (TPSA) is 61.4 Å². The van der Waals surface area contributed by atoms with Crippen molar-refractivity contribution >= 4 is 22.0 Å². The summed E-state index contributed by atoms with van der Waals surface area (Å²) in [6.07, 6.45) is -0.695. The van der Waals surface area contributed by atoms with Crippen LogP contribution in [0.4, 0.5) is 4.79 Å².